The van der Waals surface area contributed by atoms with E-state index in [9.17, 15) is 10.2 Å². The highest BCUT2D eigenvalue weighted by atomic mass is 32.2. The molecule has 1 rings (SSSR count). The smallest absolute Gasteiger partial charge is 0.0846 e. The van der Waals surface area contributed by atoms with Gasteiger partial charge in [0.2, 0.25) is 0 Å². The van der Waals surface area contributed by atoms with Crippen LogP contribution in [0.3, 0.4) is 0 Å². The first-order valence-corrected chi connectivity index (χ1v) is 6.36. The van der Waals surface area contributed by atoms with E-state index in [2.05, 4.69) is 0 Å². The normalized spacial score (nSPS) is 28.7. The monoisotopic (exact) mass is 239 g/mol. The van der Waals surface area contributed by atoms with Crippen molar-refractivity contribution < 1.29 is 20.4 Å². The van der Waals surface area contributed by atoms with Crippen LogP contribution in [-0.4, -0.2) is 56.9 Å². The van der Waals surface area contributed by atoms with Crippen molar-refractivity contribution in [3.63, 3.8) is 0 Å². The van der Waals surface area contributed by atoms with E-state index in [0.29, 0.717) is 0 Å². The zero-order valence-electron chi connectivity index (χ0n) is 7.61. The van der Waals surface area contributed by atoms with Crippen LogP contribution in [-0.2, 0) is 0 Å². The van der Waals surface area contributed by atoms with Gasteiger partial charge < -0.3 is 20.4 Å². The lowest BCUT2D eigenvalue weighted by Gasteiger charge is -2.27. The second-order valence-electron chi connectivity index (χ2n) is 3.19. The molecule has 1 radical (unpaired) electrons. The fraction of sp³-hybridized carbons (Fsp3) is 0.875. The SMILES string of the molecule is OCC(O)C(CO)C(O)C1CS[CH]S1. The largest absolute Gasteiger partial charge is 0.396 e. The van der Waals surface area contributed by atoms with Crippen molar-refractivity contribution in [1.82, 2.24) is 0 Å². The van der Waals surface area contributed by atoms with E-state index in [-0.39, 0.29) is 11.9 Å². The Labute approximate surface area is 91.7 Å². The maximum absolute atomic E-state index is 9.82. The summed E-state index contributed by atoms with van der Waals surface area (Å²) in [6, 6.07) is 0. The number of thioether (sulfide) groups is 2. The molecular weight excluding hydrogens is 224 g/mol. The molecule has 0 bridgehead atoms. The molecule has 0 saturated carbocycles. The summed E-state index contributed by atoms with van der Waals surface area (Å²) >= 11 is 3.12. The van der Waals surface area contributed by atoms with Gasteiger partial charge in [0.1, 0.15) is 0 Å². The van der Waals surface area contributed by atoms with Gasteiger partial charge in [0.05, 0.1) is 30.5 Å². The van der Waals surface area contributed by atoms with Crippen LogP contribution in [0.1, 0.15) is 0 Å². The predicted molar refractivity (Wildman–Crippen MR) is 57.8 cm³/mol. The van der Waals surface area contributed by atoms with Gasteiger partial charge in [0.15, 0.2) is 0 Å². The average Bonchev–Trinajstić information content (AvgIpc) is 2.71. The van der Waals surface area contributed by atoms with E-state index in [0.717, 1.165) is 5.75 Å². The molecule has 1 heterocycles. The molecule has 0 spiro atoms. The van der Waals surface area contributed by atoms with E-state index in [4.69, 9.17) is 10.2 Å². The molecule has 14 heavy (non-hydrogen) atoms. The van der Waals surface area contributed by atoms with Crippen molar-refractivity contribution in [2.45, 2.75) is 17.5 Å². The van der Waals surface area contributed by atoms with Gasteiger partial charge in [-0.15, -0.1) is 23.5 Å². The van der Waals surface area contributed by atoms with Crippen LogP contribution in [0.4, 0.5) is 0 Å². The molecule has 1 fully saturated rings. The zero-order chi connectivity index (χ0) is 10.6. The predicted octanol–water partition coefficient (Wildman–Crippen LogP) is -0.723. The summed E-state index contributed by atoms with van der Waals surface area (Å²) in [5.41, 5.74) is 0. The Morgan fingerprint density at radius 2 is 2.00 bits per heavy atom. The van der Waals surface area contributed by atoms with Crippen molar-refractivity contribution in [3.05, 3.63) is 5.08 Å². The van der Waals surface area contributed by atoms with E-state index >= 15 is 0 Å². The Kier molecular flexibility index (Phi) is 5.58. The number of rotatable bonds is 5. The minimum Gasteiger partial charge on any atom is -0.396 e. The minimum atomic E-state index is -1.05. The van der Waals surface area contributed by atoms with Crippen molar-refractivity contribution in [2.75, 3.05) is 19.0 Å². The molecule has 83 valence electrons. The first-order valence-electron chi connectivity index (χ1n) is 4.37. The number of hydrogen-bond acceptors (Lipinski definition) is 6. The molecule has 0 aliphatic carbocycles. The van der Waals surface area contributed by atoms with Crippen LogP contribution in [0.5, 0.6) is 0 Å². The highest BCUT2D eigenvalue weighted by molar-refractivity contribution is 8.22. The van der Waals surface area contributed by atoms with Crippen molar-refractivity contribution >= 4 is 23.5 Å². The van der Waals surface area contributed by atoms with Crippen molar-refractivity contribution in [3.8, 4) is 0 Å². The molecule has 4 nitrogen and oxygen atoms in total. The molecular formula is C8H15O4S2. The van der Waals surface area contributed by atoms with Gasteiger partial charge in [0, 0.05) is 16.9 Å². The van der Waals surface area contributed by atoms with Crippen LogP contribution in [0.15, 0.2) is 0 Å². The van der Waals surface area contributed by atoms with Gasteiger partial charge in [0.25, 0.3) is 0 Å². The average molecular weight is 239 g/mol. The quantitative estimate of drug-likeness (QED) is 0.507. The van der Waals surface area contributed by atoms with Gasteiger partial charge >= 0.3 is 0 Å². The number of aliphatic hydroxyl groups excluding tert-OH is 4. The molecule has 0 aromatic rings. The third-order valence-electron chi connectivity index (χ3n) is 2.27. The highest BCUT2D eigenvalue weighted by Crippen LogP contribution is 2.37. The van der Waals surface area contributed by atoms with Gasteiger partial charge in [-0.25, -0.2) is 0 Å². The summed E-state index contributed by atoms with van der Waals surface area (Å²) in [7, 11) is 0. The molecule has 6 heteroatoms. The molecule has 0 aromatic carbocycles. The van der Waals surface area contributed by atoms with Crippen molar-refractivity contribution in [2.24, 2.45) is 5.92 Å². The number of aliphatic hydroxyl groups is 4. The van der Waals surface area contributed by atoms with E-state index in [1.54, 1.807) is 11.8 Å². The zero-order valence-corrected chi connectivity index (χ0v) is 9.25. The second kappa shape index (κ2) is 6.19. The van der Waals surface area contributed by atoms with Crippen LogP contribution < -0.4 is 0 Å². The highest BCUT2D eigenvalue weighted by Gasteiger charge is 2.34. The first-order chi connectivity index (χ1) is 6.70. The topological polar surface area (TPSA) is 80.9 Å². The maximum Gasteiger partial charge on any atom is 0.0846 e. The molecule has 4 unspecified atom stereocenters. The lowest BCUT2D eigenvalue weighted by molar-refractivity contribution is -0.0375. The lowest BCUT2D eigenvalue weighted by atomic mass is 9.95. The molecule has 0 aromatic heterocycles. The van der Waals surface area contributed by atoms with Crippen LogP contribution >= 0.6 is 23.5 Å². The summed E-state index contributed by atoms with van der Waals surface area (Å²) in [6.07, 6.45) is -1.83. The molecule has 0 amide bonds. The van der Waals surface area contributed by atoms with Crippen molar-refractivity contribution in [1.29, 1.82) is 0 Å². The molecule has 1 saturated heterocycles. The van der Waals surface area contributed by atoms with E-state index in [1.807, 2.05) is 5.08 Å². The fourth-order valence-electron chi connectivity index (χ4n) is 1.33. The van der Waals surface area contributed by atoms with Gasteiger partial charge in [-0.3, -0.25) is 0 Å². The first kappa shape index (κ1) is 12.6. The Hall–Kier alpha value is 0.540. The Bertz CT molecular complexity index is 163. The van der Waals surface area contributed by atoms with Gasteiger partial charge in [-0.2, -0.15) is 0 Å². The second-order valence-corrected chi connectivity index (χ2v) is 5.51. The summed E-state index contributed by atoms with van der Waals surface area (Å²) in [5, 5.41) is 38.9. The Morgan fingerprint density at radius 1 is 1.29 bits per heavy atom. The van der Waals surface area contributed by atoms with Gasteiger partial charge in [-0.05, 0) is 0 Å². The van der Waals surface area contributed by atoms with Crippen LogP contribution in [0, 0.1) is 11.0 Å². The van der Waals surface area contributed by atoms with Crippen LogP contribution in [0.2, 0.25) is 0 Å². The Morgan fingerprint density at radius 3 is 2.43 bits per heavy atom. The standard InChI is InChI=1S/C8H15O4S2/c9-1-5(6(11)2-10)8(12)7-3-13-4-14-7/h4-12H,1-3H2. The fourth-order valence-corrected chi connectivity index (χ4v) is 3.83. The van der Waals surface area contributed by atoms with Gasteiger partial charge in [-0.1, -0.05) is 0 Å². The summed E-state index contributed by atoms with van der Waals surface area (Å²) in [5.74, 6) is 0.116. The van der Waals surface area contributed by atoms with E-state index in [1.165, 1.54) is 11.8 Å². The third-order valence-corrected chi connectivity index (χ3v) is 4.82. The summed E-state index contributed by atoms with van der Waals surface area (Å²) in [6.45, 7) is -0.749. The number of hydrogen-bond donors (Lipinski definition) is 4. The van der Waals surface area contributed by atoms with E-state index < -0.39 is 24.7 Å². The Balaban J connectivity index is 2.49. The summed E-state index contributed by atoms with van der Waals surface area (Å²) in [4.78, 5) is 0. The third kappa shape index (κ3) is 3.01. The molecule has 4 atom stereocenters. The van der Waals surface area contributed by atoms with Crippen LogP contribution in [0.25, 0.3) is 0 Å². The minimum absolute atomic E-state index is 0.00153. The molecule has 1 aliphatic heterocycles. The summed E-state index contributed by atoms with van der Waals surface area (Å²) < 4.78 is 0. The molecule has 1 aliphatic rings. The molecule has 4 N–H and O–H groups in total. The lowest BCUT2D eigenvalue weighted by Crippen LogP contribution is -2.42. The maximum atomic E-state index is 9.82.